The molecule has 1 aliphatic heterocycles. The van der Waals surface area contributed by atoms with E-state index in [9.17, 15) is 14.0 Å². The second-order valence-electron chi connectivity index (χ2n) is 5.47. The van der Waals surface area contributed by atoms with Crippen molar-refractivity contribution < 1.29 is 18.7 Å². The third-order valence-corrected chi connectivity index (χ3v) is 3.99. The maximum Gasteiger partial charge on any atom is 0.318 e. The topological polar surface area (TPSA) is 70.7 Å². The molecule has 2 N–H and O–H groups in total. The van der Waals surface area contributed by atoms with Crippen LogP contribution in [0.5, 0.6) is 5.75 Å². The van der Waals surface area contributed by atoms with E-state index in [0.717, 1.165) is 0 Å². The van der Waals surface area contributed by atoms with Crippen molar-refractivity contribution in [1.82, 2.24) is 15.5 Å². The van der Waals surface area contributed by atoms with E-state index < -0.39 is 11.9 Å². The van der Waals surface area contributed by atoms with E-state index in [4.69, 9.17) is 4.74 Å². The third-order valence-electron chi connectivity index (χ3n) is 3.99. The minimum Gasteiger partial charge on any atom is -0.494 e. The standard InChI is InChI=1S/C16H22FN3O3/c1-4-13-15(21)18-7-8-20(13)16(22)19-10(2)11-5-6-14(23-3)12(17)9-11/h5-6,9-10,13H,4,7-8H2,1-3H3,(H,18,21)(H,19,22)/t10-,13-/m0/s1. The highest BCUT2D eigenvalue weighted by Crippen LogP contribution is 2.22. The van der Waals surface area contributed by atoms with Gasteiger partial charge in [-0.3, -0.25) is 4.79 Å². The van der Waals surface area contributed by atoms with Gasteiger partial charge < -0.3 is 20.3 Å². The number of piperazine rings is 1. The molecule has 1 aliphatic rings. The van der Waals surface area contributed by atoms with Crippen LogP contribution < -0.4 is 15.4 Å². The van der Waals surface area contributed by atoms with Gasteiger partial charge in [-0.25, -0.2) is 9.18 Å². The number of nitrogens with one attached hydrogen (secondary N) is 2. The molecule has 0 bridgehead atoms. The second-order valence-corrected chi connectivity index (χ2v) is 5.47. The van der Waals surface area contributed by atoms with Gasteiger partial charge in [0, 0.05) is 13.1 Å². The van der Waals surface area contributed by atoms with Gasteiger partial charge in [0.25, 0.3) is 0 Å². The number of hydrogen-bond acceptors (Lipinski definition) is 3. The number of halogens is 1. The van der Waals surface area contributed by atoms with Crippen LogP contribution in [0.1, 0.15) is 31.9 Å². The lowest BCUT2D eigenvalue weighted by Gasteiger charge is -2.35. The summed E-state index contributed by atoms with van der Waals surface area (Å²) in [5.41, 5.74) is 0.631. The summed E-state index contributed by atoms with van der Waals surface area (Å²) in [7, 11) is 1.40. The van der Waals surface area contributed by atoms with Gasteiger partial charge in [-0.05, 0) is 31.0 Å². The Kier molecular flexibility index (Phi) is 5.41. The number of ether oxygens (including phenoxy) is 1. The summed E-state index contributed by atoms with van der Waals surface area (Å²) in [6.45, 7) is 4.52. The van der Waals surface area contributed by atoms with Gasteiger partial charge in [-0.15, -0.1) is 0 Å². The number of amides is 3. The van der Waals surface area contributed by atoms with Gasteiger partial charge in [0.2, 0.25) is 5.91 Å². The van der Waals surface area contributed by atoms with Crippen LogP contribution in [0.15, 0.2) is 18.2 Å². The summed E-state index contributed by atoms with van der Waals surface area (Å²) in [4.78, 5) is 25.8. The Labute approximate surface area is 135 Å². The average molecular weight is 323 g/mol. The van der Waals surface area contributed by atoms with Crippen molar-refractivity contribution in [2.24, 2.45) is 0 Å². The Balaban J connectivity index is 2.06. The number of rotatable bonds is 4. The lowest BCUT2D eigenvalue weighted by molar-refractivity contribution is -0.127. The van der Waals surface area contributed by atoms with Gasteiger partial charge in [0.15, 0.2) is 11.6 Å². The van der Waals surface area contributed by atoms with E-state index in [1.54, 1.807) is 13.0 Å². The molecule has 126 valence electrons. The molecule has 1 aromatic carbocycles. The summed E-state index contributed by atoms with van der Waals surface area (Å²) in [5, 5.41) is 5.56. The number of carbonyl (C=O) groups excluding carboxylic acids is 2. The van der Waals surface area contributed by atoms with Crippen molar-refractivity contribution in [3.63, 3.8) is 0 Å². The highest BCUT2D eigenvalue weighted by molar-refractivity contribution is 5.88. The molecule has 0 saturated carbocycles. The fourth-order valence-corrected chi connectivity index (χ4v) is 2.67. The van der Waals surface area contributed by atoms with E-state index >= 15 is 0 Å². The molecular weight excluding hydrogens is 301 g/mol. The van der Waals surface area contributed by atoms with Crippen LogP contribution in [0.25, 0.3) is 0 Å². The van der Waals surface area contributed by atoms with E-state index in [-0.39, 0.29) is 23.7 Å². The van der Waals surface area contributed by atoms with Gasteiger partial charge in [-0.2, -0.15) is 0 Å². The SMILES string of the molecule is CC[C@H]1C(=O)NCCN1C(=O)N[C@@H](C)c1ccc(OC)c(F)c1. The number of carbonyl (C=O) groups is 2. The van der Waals surface area contributed by atoms with E-state index in [1.807, 2.05) is 6.92 Å². The lowest BCUT2D eigenvalue weighted by atomic mass is 10.1. The zero-order valence-corrected chi connectivity index (χ0v) is 13.6. The number of urea groups is 1. The minimum absolute atomic E-state index is 0.142. The van der Waals surface area contributed by atoms with Crippen molar-refractivity contribution in [2.45, 2.75) is 32.4 Å². The smallest absolute Gasteiger partial charge is 0.318 e. The molecule has 1 saturated heterocycles. The van der Waals surface area contributed by atoms with Crippen molar-refractivity contribution in [1.29, 1.82) is 0 Å². The second kappa shape index (κ2) is 7.30. The molecule has 1 fully saturated rings. The number of nitrogens with zero attached hydrogens (tertiary/aromatic N) is 1. The Hall–Kier alpha value is -2.31. The fraction of sp³-hybridized carbons (Fsp3) is 0.500. The van der Waals surface area contributed by atoms with Crippen molar-refractivity contribution in [3.05, 3.63) is 29.6 Å². The molecular formula is C16H22FN3O3. The molecule has 0 unspecified atom stereocenters. The van der Waals surface area contributed by atoms with Crippen molar-refractivity contribution >= 4 is 11.9 Å². The van der Waals surface area contributed by atoms with Crippen LogP contribution in [0.3, 0.4) is 0 Å². The van der Waals surface area contributed by atoms with E-state index in [2.05, 4.69) is 10.6 Å². The first-order valence-corrected chi connectivity index (χ1v) is 7.66. The average Bonchev–Trinajstić information content (AvgIpc) is 2.54. The summed E-state index contributed by atoms with van der Waals surface area (Å²) in [6.07, 6.45) is 0.546. The van der Waals surface area contributed by atoms with Crippen LogP contribution in [0, 0.1) is 5.82 Å². The molecule has 7 heteroatoms. The van der Waals surface area contributed by atoms with Crippen molar-refractivity contribution in [2.75, 3.05) is 20.2 Å². The molecule has 0 radical (unpaired) electrons. The zero-order valence-electron chi connectivity index (χ0n) is 13.6. The van der Waals surface area contributed by atoms with Crippen LogP contribution in [0.4, 0.5) is 9.18 Å². The molecule has 0 aliphatic carbocycles. The first-order valence-electron chi connectivity index (χ1n) is 7.66. The largest absolute Gasteiger partial charge is 0.494 e. The molecule has 0 spiro atoms. The summed E-state index contributed by atoms with van der Waals surface area (Å²) in [6, 6.07) is 3.39. The fourth-order valence-electron chi connectivity index (χ4n) is 2.67. The number of hydrogen-bond donors (Lipinski definition) is 2. The van der Waals surface area contributed by atoms with Crippen LogP contribution in [-0.4, -0.2) is 43.1 Å². The van der Waals surface area contributed by atoms with E-state index in [1.165, 1.54) is 24.1 Å². The number of benzene rings is 1. The number of methoxy groups -OCH3 is 1. The molecule has 1 heterocycles. The monoisotopic (exact) mass is 323 g/mol. The Morgan fingerprint density at radius 3 is 2.91 bits per heavy atom. The van der Waals surface area contributed by atoms with Gasteiger partial charge in [-0.1, -0.05) is 13.0 Å². The first kappa shape index (κ1) is 17.1. The summed E-state index contributed by atoms with van der Waals surface area (Å²) < 4.78 is 18.7. The highest BCUT2D eigenvalue weighted by Gasteiger charge is 2.32. The molecule has 2 atom stereocenters. The maximum absolute atomic E-state index is 13.8. The van der Waals surface area contributed by atoms with Gasteiger partial charge >= 0.3 is 6.03 Å². The predicted molar refractivity (Wildman–Crippen MR) is 83.7 cm³/mol. The molecule has 2 rings (SSSR count). The minimum atomic E-state index is -0.477. The first-order chi connectivity index (χ1) is 11.0. The van der Waals surface area contributed by atoms with E-state index in [0.29, 0.717) is 25.1 Å². The molecule has 0 aromatic heterocycles. The van der Waals surface area contributed by atoms with Gasteiger partial charge in [0.05, 0.1) is 13.2 Å². The normalized spacial score (nSPS) is 19.0. The lowest BCUT2D eigenvalue weighted by Crippen LogP contribution is -2.59. The van der Waals surface area contributed by atoms with Crippen LogP contribution >= 0.6 is 0 Å². The quantitative estimate of drug-likeness (QED) is 0.888. The molecule has 23 heavy (non-hydrogen) atoms. The third kappa shape index (κ3) is 3.72. The highest BCUT2D eigenvalue weighted by atomic mass is 19.1. The molecule has 6 nitrogen and oxygen atoms in total. The predicted octanol–water partition coefficient (Wildman–Crippen LogP) is 1.82. The Morgan fingerprint density at radius 1 is 1.57 bits per heavy atom. The Bertz CT molecular complexity index is 594. The molecule has 1 aromatic rings. The summed E-state index contributed by atoms with van der Waals surface area (Å²) in [5.74, 6) is -0.460. The van der Waals surface area contributed by atoms with Gasteiger partial charge in [0.1, 0.15) is 6.04 Å². The molecule has 3 amide bonds. The zero-order chi connectivity index (χ0) is 17.0. The van der Waals surface area contributed by atoms with Crippen LogP contribution in [0.2, 0.25) is 0 Å². The maximum atomic E-state index is 13.8. The van der Waals surface area contributed by atoms with Crippen molar-refractivity contribution in [3.8, 4) is 5.75 Å². The summed E-state index contributed by atoms with van der Waals surface area (Å²) >= 11 is 0. The van der Waals surface area contributed by atoms with Crippen LogP contribution in [-0.2, 0) is 4.79 Å². The Morgan fingerprint density at radius 2 is 2.30 bits per heavy atom.